The van der Waals surface area contributed by atoms with E-state index in [2.05, 4.69) is 0 Å². The molecule has 1 nitrogen and oxygen atoms in total. The summed E-state index contributed by atoms with van der Waals surface area (Å²) in [5.41, 5.74) is 0.753. The van der Waals surface area contributed by atoms with Crippen LogP contribution >= 0.6 is 22.6 Å². The van der Waals surface area contributed by atoms with Gasteiger partial charge in [0, 0.05) is 11.1 Å². The summed E-state index contributed by atoms with van der Waals surface area (Å²) >= 11 is 1.76. The summed E-state index contributed by atoms with van der Waals surface area (Å²) in [7, 11) is 1.50. The van der Waals surface area contributed by atoms with E-state index in [0.29, 0.717) is 11.3 Å². The maximum atomic E-state index is 13.8. The first-order valence-corrected chi connectivity index (χ1v) is 6.00. The summed E-state index contributed by atoms with van der Waals surface area (Å²) in [5.74, 6) is -1.15. The molecule has 0 unspecified atom stereocenters. The van der Waals surface area contributed by atoms with Crippen LogP contribution in [0.5, 0.6) is 5.75 Å². The molecule has 0 fully saturated rings. The summed E-state index contributed by atoms with van der Waals surface area (Å²) in [6.07, 6.45) is 0. The molecule has 4 heteroatoms. The lowest BCUT2D eigenvalue weighted by molar-refractivity contribution is 0.416. The minimum atomic E-state index is -0.846. The van der Waals surface area contributed by atoms with E-state index >= 15 is 0 Å². The Labute approximate surface area is 112 Å². The molecule has 2 rings (SSSR count). The van der Waals surface area contributed by atoms with Gasteiger partial charge in [-0.25, -0.2) is 8.78 Å². The molecule has 2 aromatic rings. The summed E-state index contributed by atoms with van der Waals surface area (Å²) in [4.78, 5) is 0. The number of methoxy groups -OCH3 is 1. The number of hydrogen-bond acceptors (Lipinski definition) is 1. The molecule has 0 amide bonds. The van der Waals surface area contributed by atoms with Gasteiger partial charge < -0.3 is 4.74 Å². The highest BCUT2D eigenvalue weighted by Gasteiger charge is 2.15. The Hall–Kier alpha value is -1.17. The van der Waals surface area contributed by atoms with Crippen LogP contribution in [0.3, 0.4) is 0 Å². The first-order valence-electron chi connectivity index (χ1n) is 4.92. The number of para-hydroxylation sites is 1. The fourth-order valence-corrected chi connectivity index (χ4v) is 2.02. The quantitative estimate of drug-likeness (QED) is 0.584. The van der Waals surface area contributed by atoms with Crippen LogP contribution in [0.4, 0.5) is 8.78 Å². The van der Waals surface area contributed by atoms with Crippen molar-refractivity contribution in [1.29, 1.82) is 0 Å². The minimum absolute atomic E-state index is 0.209. The van der Waals surface area contributed by atoms with Gasteiger partial charge in [-0.15, -0.1) is 0 Å². The van der Waals surface area contributed by atoms with Crippen LogP contribution < -0.4 is 4.74 Å². The van der Waals surface area contributed by atoms with Crippen LogP contribution in [0, 0.1) is 15.2 Å². The predicted molar refractivity (Wildman–Crippen MR) is 71.1 cm³/mol. The lowest BCUT2D eigenvalue weighted by Gasteiger charge is -2.10. The van der Waals surface area contributed by atoms with Crippen LogP contribution in [-0.4, -0.2) is 7.11 Å². The summed E-state index contributed by atoms with van der Waals surface area (Å²) in [5, 5.41) is 0. The van der Waals surface area contributed by atoms with Crippen molar-refractivity contribution >= 4 is 22.6 Å². The Morgan fingerprint density at radius 2 is 1.65 bits per heavy atom. The first kappa shape index (κ1) is 12.3. The fraction of sp³-hybridized carbons (Fsp3) is 0.0769. The monoisotopic (exact) mass is 346 g/mol. The third kappa shape index (κ3) is 2.26. The topological polar surface area (TPSA) is 9.23 Å². The van der Waals surface area contributed by atoms with E-state index in [4.69, 9.17) is 4.74 Å². The summed E-state index contributed by atoms with van der Waals surface area (Å²) < 4.78 is 32.7. The van der Waals surface area contributed by atoms with Crippen molar-refractivity contribution in [2.24, 2.45) is 0 Å². The number of ether oxygens (including phenoxy) is 1. The zero-order valence-corrected chi connectivity index (χ0v) is 11.2. The zero-order valence-electron chi connectivity index (χ0n) is 9.01. The van der Waals surface area contributed by atoms with E-state index in [1.165, 1.54) is 7.11 Å². The molecule has 17 heavy (non-hydrogen) atoms. The first-order chi connectivity index (χ1) is 8.15. The average Bonchev–Trinajstić information content (AvgIpc) is 2.36. The second kappa shape index (κ2) is 5.00. The van der Waals surface area contributed by atoms with E-state index in [1.807, 2.05) is 0 Å². The molecule has 0 N–H and O–H groups in total. The zero-order chi connectivity index (χ0) is 12.4. The van der Waals surface area contributed by atoms with E-state index in [-0.39, 0.29) is 9.13 Å². The van der Waals surface area contributed by atoms with Crippen LogP contribution in [0.1, 0.15) is 0 Å². The van der Waals surface area contributed by atoms with Crippen molar-refractivity contribution in [2.45, 2.75) is 0 Å². The Morgan fingerprint density at radius 1 is 0.941 bits per heavy atom. The molecule has 0 saturated heterocycles. The molecule has 0 aliphatic carbocycles. The molecule has 0 saturated carbocycles. The van der Waals surface area contributed by atoms with Gasteiger partial charge in [0.15, 0.2) is 11.6 Å². The third-order valence-corrected chi connectivity index (χ3v) is 3.27. The molecular formula is C13H9F2IO. The van der Waals surface area contributed by atoms with Gasteiger partial charge in [-0.1, -0.05) is 24.3 Å². The predicted octanol–water partition coefficient (Wildman–Crippen LogP) is 4.25. The second-order valence-electron chi connectivity index (χ2n) is 3.42. The average molecular weight is 346 g/mol. The molecule has 2 aromatic carbocycles. The Morgan fingerprint density at radius 3 is 2.35 bits per heavy atom. The highest BCUT2D eigenvalue weighted by atomic mass is 127. The Bertz CT molecular complexity index is 555. The molecule has 0 atom stereocenters. The van der Waals surface area contributed by atoms with Gasteiger partial charge in [0.1, 0.15) is 5.75 Å². The Kier molecular flexibility index (Phi) is 3.61. The highest BCUT2D eigenvalue weighted by Crippen LogP contribution is 2.33. The summed E-state index contributed by atoms with van der Waals surface area (Å²) in [6, 6.07) is 10.0. The van der Waals surface area contributed by atoms with Gasteiger partial charge in [0.05, 0.1) is 10.7 Å². The van der Waals surface area contributed by atoms with Gasteiger partial charge in [-0.2, -0.15) is 0 Å². The highest BCUT2D eigenvalue weighted by molar-refractivity contribution is 14.1. The van der Waals surface area contributed by atoms with Crippen LogP contribution in [0.25, 0.3) is 11.1 Å². The number of hydrogen-bond donors (Lipinski definition) is 0. The van der Waals surface area contributed by atoms with Crippen LogP contribution in [-0.2, 0) is 0 Å². The Balaban J connectivity index is 2.65. The maximum absolute atomic E-state index is 13.8. The van der Waals surface area contributed by atoms with E-state index < -0.39 is 11.6 Å². The van der Waals surface area contributed by atoms with Crippen molar-refractivity contribution in [2.75, 3.05) is 7.11 Å². The normalized spacial score (nSPS) is 10.4. The number of rotatable bonds is 2. The molecule has 0 bridgehead atoms. The van der Waals surface area contributed by atoms with Gasteiger partial charge in [0.2, 0.25) is 0 Å². The number of halogens is 3. The molecule has 0 aliphatic rings. The minimum Gasteiger partial charge on any atom is -0.496 e. The van der Waals surface area contributed by atoms with Gasteiger partial charge >= 0.3 is 0 Å². The molecule has 0 aromatic heterocycles. The van der Waals surface area contributed by atoms with Crippen molar-refractivity contribution in [3.8, 4) is 16.9 Å². The standard InChI is InChI=1S/C13H9F2IO/c1-17-11-5-3-2-4-8(11)9-6-7-10(16)13(15)12(9)14/h2-7H,1H3. The van der Waals surface area contributed by atoms with Crippen LogP contribution in [0.2, 0.25) is 0 Å². The van der Waals surface area contributed by atoms with Crippen molar-refractivity contribution < 1.29 is 13.5 Å². The molecule has 88 valence electrons. The SMILES string of the molecule is COc1ccccc1-c1ccc(I)c(F)c1F. The fourth-order valence-electron chi connectivity index (χ4n) is 1.60. The smallest absolute Gasteiger partial charge is 0.172 e. The third-order valence-electron chi connectivity index (χ3n) is 2.43. The van der Waals surface area contributed by atoms with Gasteiger partial charge in [-0.3, -0.25) is 0 Å². The second-order valence-corrected chi connectivity index (χ2v) is 4.59. The van der Waals surface area contributed by atoms with Gasteiger partial charge in [-0.05, 0) is 34.7 Å². The van der Waals surface area contributed by atoms with Crippen molar-refractivity contribution in [3.05, 3.63) is 51.6 Å². The largest absolute Gasteiger partial charge is 0.496 e. The lowest BCUT2D eigenvalue weighted by Crippen LogP contribution is -1.95. The van der Waals surface area contributed by atoms with Crippen molar-refractivity contribution in [1.82, 2.24) is 0 Å². The van der Waals surface area contributed by atoms with E-state index in [9.17, 15) is 8.78 Å². The van der Waals surface area contributed by atoms with Crippen LogP contribution in [0.15, 0.2) is 36.4 Å². The van der Waals surface area contributed by atoms with Crippen molar-refractivity contribution in [3.63, 3.8) is 0 Å². The van der Waals surface area contributed by atoms with E-state index in [0.717, 1.165) is 0 Å². The lowest BCUT2D eigenvalue weighted by atomic mass is 10.0. The molecule has 0 heterocycles. The molecule has 0 radical (unpaired) electrons. The van der Waals surface area contributed by atoms with E-state index in [1.54, 1.807) is 59.0 Å². The number of benzene rings is 2. The molecule has 0 spiro atoms. The maximum Gasteiger partial charge on any atom is 0.172 e. The molecular weight excluding hydrogens is 337 g/mol. The summed E-state index contributed by atoms with van der Waals surface area (Å²) in [6.45, 7) is 0. The molecule has 0 aliphatic heterocycles. The van der Waals surface area contributed by atoms with Gasteiger partial charge in [0.25, 0.3) is 0 Å².